The predicted molar refractivity (Wildman–Crippen MR) is 111 cm³/mol. The first-order valence-corrected chi connectivity index (χ1v) is 10.5. The normalized spacial score (nSPS) is 28.4. The van der Waals surface area contributed by atoms with Gasteiger partial charge >= 0.3 is 0 Å². The number of ether oxygens (including phenoxy) is 1. The van der Waals surface area contributed by atoms with Gasteiger partial charge < -0.3 is 14.5 Å². The van der Waals surface area contributed by atoms with E-state index in [-0.39, 0.29) is 17.1 Å². The highest BCUT2D eigenvalue weighted by atomic mass is 16.5. The minimum atomic E-state index is -0.184. The monoisotopic (exact) mass is 372 g/mol. The van der Waals surface area contributed by atoms with Crippen molar-refractivity contribution in [3.8, 4) is 0 Å². The highest BCUT2D eigenvalue weighted by molar-refractivity contribution is 5.93. The molecule has 0 radical (unpaired) electrons. The molecule has 1 atom stereocenters. The number of piperidine rings is 1. The van der Waals surface area contributed by atoms with E-state index in [0.717, 1.165) is 69.9 Å². The van der Waals surface area contributed by atoms with Crippen LogP contribution in [0, 0.1) is 5.92 Å². The molecule has 0 N–H and O–H groups in total. The van der Waals surface area contributed by atoms with Crippen molar-refractivity contribution < 1.29 is 9.53 Å². The summed E-state index contributed by atoms with van der Waals surface area (Å²) in [7, 11) is 0. The van der Waals surface area contributed by atoms with Crippen molar-refractivity contribution in [3.05, 3.63) is 36.5 Å². The lowest BCUT2D eigenvalue weighted by Crippen LogP contribution is -2.64. The summed E-state index contributed by atoms with van der Waals surface area (Å²) >= 11 is 0. The van der Waals surface area contributed by atoms with Crippen molar-refractivity contribution in [2.45, 2.75) is 64.1 Å². The van der Waals surface area contributed by atoms with Crippen LogP contribution in [0.5, 0.6) is 0 Å². The lowest BCUT2D eigenvalue weighted by molar-refractivity contribution is -0.194. The number of carbonyl (C=O) groups excluding carboxylic acids is 1. The van der Waals surface area contributed by atoms with Gasteiger partial charge in [0.25, 0.3) is 0 Å². The van der Waals surface area contributed by atoms with Crippen LogP contribution in [0.25, 0.3) is 0 Å². The van der Waals surface area contributed by atoms with Crippen LogP contribution in [0.15, 0.2) is 36.5 Å². The van der Waals surface area contributed by atoms with Gasteiger partial charge in [-0.3, -0.25) is 4.79 Å². The molecule has 0 aromatic heterocycles. The maximum absolute atomic E-state index is 13.1. The number of allylic oxidation sites excluding steroid dienone is 4. The quantitative estimate of drug-likeness (QED) is 0.523. The topological polar surface area (TPSA) is 32.8 Å². The molecule has 4 nitrogen and oxygen atoms in total. The molecule has 2 aliphatic heterocycles. The van der Waals surface area contributed by atoms with E-state index in [4.69, 9.17) is 4.74 Å². The van der Waals surface area contributed by atoms with Crippen LogP contribution in [0.3, 0.4) is 0 Å². The van der Waals surface area contributed by atoms with Gasteiger partial charge in [0.15, 0.2) is 0 Å². The summed E-state index contributed by atoms with van der Waals surface area (Å²) in [5.74, 6) is 0.872. The minimum Gasteiger partial charge on any atom is -0.364 e. The fraction of sp³-hybridized carbons (Fsp3) is 0.696. The first-order chi connectivity index (χ1) is 12.9. The minimum absolute atomic E-state index is 0.0772. The maximum Gasteiger partial charge on any atom is 0.249 e. The number of hydrogen-bond acceptors (Lipinski definition) is 3. The van der Waals surface area contributed by atoms with Gasteiger partial charge in [-0.1, -0.05) is 44.7 Å². The molecule has 1 amide bonds. The van der Waals surface area contributed by atoms with E-state index in [9.17, 15) is 4.79 Å². The molecule has 0 bridgehead atoms. The Balaban J connectivity index is 1.71. The van der Waals surface area contributed by atoms with Crippen LogP contribution in [-0.4, -0.2) is 59.6 Å². The number of rotatable bonds is 6. The average Bonchev–Trinajstić information content (AvgIpc) is 3.36. The number of likely N-dealkylation sites (tertiary alicyclic amines) is 1. The summed E-state index contributed by atoms with van der Waals surface area (Å²) in [5.41, 5.74) is 0.525. The molecule has 2 heterocycles. The molecule has 3 aliphatic rings. The summed E-state index contributed by atoms with van der Waals surface area (Å²) < 4.78 is 6.73. The Kier molecular flexibility index (Phi) is 6.27. The molecule has 3 rings (SSSR count). The lowest BCUT2D eigenvalue weighted by Gasteiger charge is -2.51. The number of carbonyl (C=O) groups is 1. The van der Waals surface area contributed by atoms with Crippen LogP contribution in [0.1, 0.15) is 52.9 Å². The number of nitrogens with zero attached hydrogens (tertiary/aromatic N) is 2. The van der Waals surface area contributed by atoms with Gasteiger partial charge in [0, 0.05) is 12.1 Å². The second kappa shape index (κ2) is 8.32. The van der Waals surface area contributed by atoms with Crippen molar-refractivity contribution in [3.63, 3.8) is 0 Å². The standard InChI is InChI=1S/C23H36N2O2/c1-5-6-7-9-20(4)21(26)25-17-22(12-13-22)27-23(18-25)11-8-14-24(16-23)15-10-19(2)3/h5-7,9,19H,1,8,10-18H2,2-4H3/b7-6-,20-9+. The molecule has 1 unspecified atom stereocenters. The Morgan fingerprint density at radius 1 is 1.15 bits per heavy atom. The van der Waals surface area contributed by atoms with Crippen molar-refractivity contribution >= 4 is 5.91 Å². The van der Waals surface area contributed by atoms with Crippen molar-refractivity contribution in [1.29, 1.82) is 0 Å². The largest absolute Gasteiger partial charge is 0.364 e. The lowest BCUT2D eigenvalue weighted by atomic mass is 9.89. The van der Waals surface area contributed by atoms with E-state index in [1.807, 2.05) is 25.2 Å². The van der Waals surface area contributed by atoms with E-state index in [0.29, 0.717) is 0 Å². The summed E-state index contributed by atoms with van der Waals surface area (Å²) in [6.07, 6.45) is 13.0. The molecule has 2 spiro atoms. The smallest absolute Gasteiger partial charge is 0.249 e. The van der Waals surface area contributed by atoms with E-state index in [1.54, 1.807) is 6.08 Å². The summed E-state index contributed by atoms with van der Waals surface area (Å²) in [6, 6.07) is 0. The number of morpholine rings is 1. The zero-order valence-electron chi connectivity index (χ0n) is 17.4. The van der Waals surface area contributed by atoms with Crippen molar-refractivity contribution in [2.75, 3.05) is 32.7 Å². The zero-order chi connectivity index (χ0) is 19.5. The predicted octanol–water partition coefficient (Wildman–Crippen LogP) is 3.95. The molecule has 1 saturated carbocycles. The van der Waals surface area contributed by atoms with Crippen molar-refractivity contribution in [1.82, 2.24) is 9.80 Å². The number of hydrogen-bond donors (Lipinski definition) is 0. The van der Waals surface area contributed by atoms with Gasteiger partial charge in [0.1, 0.15) is 0 Å². The third-order valence-corrected chi connectivity index (χ3v) is 6.06. The van der Waals surface area contributed by atoms with Crippen LogP contribution >= 0.6 is 0 Å². The Labute approximate surface area is 164 Å². The molecule has 1 aliphatic carbocycles. The molecule has 150 valence electrons. The molecule has 3 fully saturated rings. The van der Waals surface area contributed by atoms with Gasteiger partial charge in [-0.2, -0.15) is 0 Å². The molecular formula is C23H36N2O2. The summed E-state index contributed by atoms with van der Waals surface area (Å²) in [4.78, 5) is 17.7. The van der Waals surface area contributed by atoms with E-state index >= 15 is 0 Å². The van der Waals surface area contributed by atoms with Crippen LogP contribution in [-0.2, 0) is 9.53 Å². The first kappa shape index (κ1) is 20.3. The summed E-state index contributed by atoms with van der Waals surface area (Å²) in [6.45, 7) is 14.9. The fourth-order valence-electron chi connectivity index (χ4n) is 4.45. The van der Waals surface area contributed by atoms with Crippen LogP contribution < -0.4 is 0 Å². The van der Waals surface area contributed by atoms with E-state index < -0.39 is 0 Å². The molecule has 2 saturated heterocycles. The van der Waals surface area contributed by atoms with E-state index in [2.05, 4.69) is 30.2 Å². The highest BCUT2D eigenvalue weighted by Gasteiger charge is 2.57. The average molecular weight is 373 g/mol. The Bertz CT molecular complexity index is 618. The molecule has 0 aromatic carbocycles. The molecular weight excluding hydrogens is 336 g/mol. The van der Waals surface area contributed by atoms with E-state index in [1.165, 1.54) is 6.42 Å². The third kappa shape index (κ3) is 5.11. The Hall–Kier alpha value is -1.39. The third-order valence-electron chi connectivity index (χ3n) is 6.06. The number of amides is 1. The van der Waals surface area contributed by atoms with Crippen molar-refractivity contribution in [2.24, 2.45) is 5.92 Å². The van der Waals surface area contributed by atoms with Gasteiger partial charge in [-0.25, -0.2) is 0 Å². The van der Waals surface area contributed by atoms with Gasteiger partial charge in [-0.15, -0.1) is 0 Å². The van der Waals surface area contributed by atoms with Gasteiger partial charge in [-0.05, 0) is 58.0 Å². The molecule has 0 aromatic rings. The second-order valence-electron chi connectivity index (χ2n) is 9.16. The first-order valence-electron chi connectivity index (χ1n) is 10.5. The van der Waals surface area contributed by atoms with Crippen LogP contribution in [0.4, 0.5) is 0 Å². The van der Waals surface area contributed by atoms with Crippen LogP contribution in [0.2, 0.25) is 0 Å². The molecule has 4 heteroatoms. The molecule has 27 heavy (non-hydrogen) atoms. The fourth-order valence-corrected chi connectivity index (χ4v) is 4.45. The second-order valence-corrected chi connectivity index (χ2v) is 9.16. The maximum atomic E-state index is 13.1. The van der Waals surface area contributed by atoms with Gasteiger partial charge in [0.05, 0.1) is 24.3 Å². The highest BCUT2D eigenvalue weighted by Crippen LogP contribution is 2.48. The SMILES string of the molecule is C=C/C=C\C=C(/C)C(=O)N1CC2(CC2)OC2(CCCN(CCC(C)C)C2)C1. The van der Waals surface area contributed by atoms with Gasteiger partial charge in [0.2, 0.25) is 5.91 Å². The Morgan fingerprint density at radius 3 is 2.56 bits per heavy atom. The summed E-state index contributed by atoms with van der Waals surface area (Å²) in [5, 5.41) is 0. The zero-order valence-corrected chi connectivity index (χ0v) is 17.4. The Morgan fingerprint density at radius 2 is 1.89 bits per heavy atom.